The van der Waals surface area contributed by atoms with Crippen LogP contribution in [0, 0.1) is 0 Å². The summed E-state index contributed by atoms with van der Waals surface area (Å²) in [5, 5.41) is 6.41. The third-order valence-electron chi connectivity index (χ3n) is 2.55. The molecular weight excluding hydrogens is 266 g/mol. The van der Waals surface area contributed by atoms with Crippen LogP contribution < -0.4 is 15.4 Å². The highest BCUT2D eigenvalue weighted by Gasteiger charge is 2.09. The van der Waals surface area contributed by atoms with Crippen LogP contribution in [-0.2, 0) is 14.8 Å². The van der Waals surface area contributed by atoms with Gasteiger partial charge in [-0.1, -0.05) is 0 Å². The van der Waals surface area contributed by atoms with Gasteiger partial charge in [0.05, 0.1) is 11.5 Å². The van der Waals surface area contributed by atoms with Gasteiger partial charge >= 0.3 is 0 Å². The standard InChI is InChI=1S/C12H21N3O3S/c1-13-19(16,17)12-5-3-11(4-6-12)15-8-7-14-9-10-18-2/h3-6,13-15H,7-10H2,1-2H3. The molecule has 0 fully saturated rings. The fraction of sp³-hybridized carbons (Fsp3) is 0.500. The molecule has 0 aliphatic carbocycles. The van der Waals surface area contributed by atoms with E-state index in [2.05, 4.69) is 15.4 Å². The van der Waals surface area contributed by atoms with Crippen molar-refractivity contribution in [1.29, 1.82) is 0 Å². The Morgan fingerprint density at radius 3 is 2.37 bits per heavy atom. The first-order chi connectivity index (χ1) is 9.10. The third-order valence-corrected chi connectivity index (χ3v) is 3.98. The Morgan fingerprint density at radius 2 is 1.79 bits per heavy atom. The third kappa shape index (κ3) is 5.56. The molecule has 0 saturated heterocycles. The average Bonchev–Trinajstić information content (AvgIpc) is 2.43. The lowest BCUT2D eigenvalue weighted by molar-refractivity contribution is 0.200. The number of nitrogens with one attached hydrogen (secondary N) is 3. The fourth-order valence-electron chi connectivity index (χ4n) is 1.46. The summed E-state index contributed by atoms with van der Waals surface area (Å²) in [6.45, 7) is 3.09. The number of methoxy groups -OCH3 is 1. The smallest absolute Gasteiger partial charge is 0.240 e. The van der Waals surface area contributed by atoms with E-state index in [9.17, 15) is 8.42 Å². The average molecular weight is 287 g/mol. The Kier molecular flexibility index (Phi) is 6.79. The summed E-state index contributed by atoms with van der Waals surface area (Å²) in [6.07, 6.45) is 0. The maximum Gasteiger partial charge on any atom is 0.240 e. The summed E-state index contributed by atoms with van der Waals surface area (Å²) >= 11 is 0. The monoisotopic (exact) mass is 287 g/mol. The first-order valence-corrected chi connectivity index (χ1v) is 7.55. The molecule has 0 heterocycles. The Balaban J connectivity index is 2.37. The van der Waals surface area contributed by atoms with Crippen LogP contribution in [0.3, 0.4) is 0 Å². The molecule has 1 aromatic carbocycles. The Labute approximate surface area is 114 Å². The van der Waals surface area contributed by atoms with Gasteiger partial charge in [0, 0.05) is 32.4 Å². The number of hydrogen-bond acceptors (Lipinski definition) is 5. The number of ether oxygens (including phenoxy) is 1. The van der Waals surface area contributed by atoms with Crippen LogP contribution >= 0.6 is 0 Å². The van der Waals surface area contributed by atoms with Crippen molar-refractivity contribution in [3.05, 3.63) is 24.3 Å². The van der Waals surface area contributed by atoms with Crippen LogP contribution in [0.25, 0.3) is 0 Å². The molecule has 0 radical (unpaired) electrons. The van der Waals surface area contributed by atoms with Gasteiger partial charge in [0.25, 0.3) is 0 Å². The predicted octanol–water partition coefficient (Wildman–Crippen LogP) is 0.243. The van der Waals surface area contributed by atoms with Gasteiger partial charge in [-0.05, 0) is 31.3 Å². The maximum atomic E-state index is 11.5. The van der Waals surface area contributed by atoms with Gasteiger partial charge in [-0.2, -0.15) is 0 Å². The van der Waals surface area contributed by atoms with Crippen molar-refractivity contribution in [1.82, 2.24) is 10.0 Å². The molecular formula is C12H21N3O3S. The van der Waals surface area contributed by atoms with E-state index in [4.69, 9.17) is 4.74 Å². The molecule has 108 valence electrons. The summed E-state index contributed by atoms with van der Waals surface area (Å²) in [7, 11) is -0.291. The van der Waals surface area contributed by atoms with Crippen molar-refractivity contribution >= 4 is 15.7 Å². The second-order valence-corrected chi connectivity index (χ2v) is 5.79. The van der Waals surface area contributed by atoms with Gasteiger partial charge in [0.2, 0.25) is 10.0 Å². The highest BCUT2D eigenvalue weighted by Crippen LogP contribution is 2.13. The minimum absolute atomic E-state index is 0.263. The van der Waals surface area contributed by atoms with Gasteiger partial charge in [0.15, 0.2) is 0 Å². The van der Waals surface area contributed by atoms with Crippen LogP contribution in [0.2, 0.25) is 0 Å². The molecule has 0 aliphatic rings. The first-order valence-electron chi connectivity index (χ1n) is 6.07. The number of hydrogen-bond donors (Lipinski definition) is 3. The van der Waals surface area contributed by atoms with Gasteiger partial charge in [0.1, 0.15) is 0 Å². The van der Waals surface area contributed by atoms with Gasteiger partial charge in [-0.15, -0.1) is 0 Å². The largest absolute Gasteiger partial charge is 0.384 e. The molecule has 0 amide bonds. The van der Waals surface area contributed by atoms with Crippen molar-refractivity contribution in [2.24, 2.45) is 0 Å². The van der Waals surface area contributed by atoms with E-state index in [0.717, 1.165) is 25.3 Å². The number of benzene rings is 1. The lowest BCUT2D eigenvalue weighted by atomic mass is 10.3. The quantitative estimate of drug-likeness (QED) is 0.567. The van der Waals surface area contributed by atoms with Crippen LogP contribution in [-0.4, -0.2) is 48.8 Å². The number of sulfonamides is 1. The molecule has 0 unspecified atom stereocenters. The normalized spacial score (nSPS) is 11.5. The van der Waals surface area contributed by atoms with Crippen LogP contribution in [0.4, 0.5) is 5.69 Å². The van der Waals surface area contributed by atoms with E-state index in [1.54, 1.807) is 31.4 Å². The summed E-state index contributed by atoms with van der Waals surface area (Å²) < 4.78 is 30.2. The van der Waals surface area contributed by atoms with Crippen molar-refractivity contribution in [3.63, 3.8) is 0 Å². The number of rotatable bonds is 9. The molecule has 0 spiro atoms. The summed E-state index contributed by atoms with van der Waals surface area (Å²) in [4.78, 5) is 0.263. The van der Waals surface area contributed by atoms with Crippen molar-refractivity contribution in [2.75, 3.05) is 45.7 Å². The van der Waals surface area contributed by atoms with E-state index in [1.807, 2.05) is 0 Å². The highest BCUT2D eigenvalue weighted by molar-refractivity contribution is 7.89. The van der Waals surface area contributed by atoms with Crippen LogP contribution in [0.15, 0.2) is 29.2 Å². The molecule has 1 rings (SSSR count). The van der Waals surface area contributed by atoms with Crippen LogP contribution in [0.5, 0.6) is 0 Å². The molecule has 0 atom stereocenters. The van der Waals surface area contributed by atoms with Crippen molar-refractivity contribution in [3.8, 4) is 0 Å². The minimum atomic E-state index is -3.35. The van der Waals surface area contributed by atoms with Gasteiger partial charge in [-0.3, -0.25) is 0 Å². The lowest BCUT2D eigenvalue weighted by Gasteiger charge is -2.08. The van der Waals surface area contributed by atoms with E-state index < -0.39 is 10.0 Å². The van der Waals surface area contributed by atoms with Gasteiger partial charge < -0.3 is 15.4 Å². The fourth-order valence-corrected chi connectivity index (χ4v) is 2.19. The molecule has 0 aliphatic heterocycles. The predicted molar refractivity (Wildman–Crippen MR) is 75.9 cm³/mol. The Morgan fingerprint density at radius 1 is 1.11 bits per heavy atom. The molecule has 0 saturated carbocycles. The number of anilines is 1. The van der Waals surface area contributed by atoms with Crippen molar-refractivity contribution in [2.45, 2.75) is 4.90 Å². The molecule has 19 heavy (non-hydrogen) atoms. The molecule has 7 heteroatoms. The topological polar surface area (TPSA) is 79.5 Å². The minimum Gasteiger partial charge on any atom is -0.384 e. The summed E-state index contributed by atoms with van der Waals surface area (Å²) in [5.41, 5.74) is 0.892. The van der Waals surface area contributed by atoms with Gasteiger partial charge in [-0.25, -0.2) is 13.1 Å². The zero-order valence-corrected chi connectivity index (χ0v) is 12.1. The van der Waals surface area contributed by atoms with Crippen molar-refractivity contribution < 1.29 is 13.2 Å². The Bertz CT molecular complexity index is 460. The van der Waals surface area contributed by atoms with E-state index in [0.29, 0.717) is 6.61 Å². The lowest BCUT2D eigenvalue weighted by Crippen LogP contribution is -2.25. The van der Waals surface area contributed by atoms with E-state index in [1.165, 1.54) is 7.05 Å². The molecule has 6 nitrogen and oxygen atoms in total. The SMILES string of the molecule is CNS(=O)(=O)c1ccc(NCCNCCOC)cc1. The summed E-state index contributed by atoms with van der Waals surface area (Å²) in [5.74, 6) is 0. The second kappa shape index (κ2) is 8.11. The first kappa shape index (κ1) is 15.9. The van der Waals surface area contributed by atoms with Crippen LogP contribution in [0.1, 0.15) is 0 Å². The zero-order valence-electron chi connectivity index (χ0n) is 11.3. The molecule has 1 aromatic rings. The summed E-state index contributed by atoms with van der Waals surface area (Å²) in [6, 6.07) is 6.65. The Hall–Kier alpha value is -1.15. The second-order valence-electron chi connectivity index (χ2n) is 3.90. The maximum absolute atomic E-state index is 11.5. The molecule has 3 N–H and O–H groups in total. The van der Waals surface area contributed by atoms with E-state index in [-0.39, 0.29) is 4.90 Å². The molecule has 0 aromatic heterocycles. The highest BCUT2D eigenvalue weighted by atomic mass is 32.2. The van der Waals surface area contributed by atoms with E-state index >= 15 is 0 Å². The molecule has 0 bridgehead atoms. The zero-order chi connectivity index (χ0) is 14.1.